The van der Waals surface area contributed by atoms with Crippen molar-refractivity contribution in [3.05, 3.63) is 35.9 Å². The molecule has 0 saturated carbocycles. The summed E-state index contributed by atoms with van der Waals surface area (Å²) in [4.78, 5) is 0. The van der Waals surface area contributed by atoms with Crippen LogP contribution < -0.4 is 11.5 Å². The second-order valence-corrected chi connectivity index (χ2v) is 5.85. The van der Waals surface area contributed by atoms with E-state index in [-0.39, 0.29) is 17.0 Å². The van der Waals surface area contributed by atoms with Gasteiger partial charge in [-0.3, -0.25) is 0 Å². The minimum atomic E-state index is -0.244. The molecule has 0 amide bonds. The Morgan fingerprint density at radius 2 is 1.53 bits per heavy atom. The Balaban J connectivity index is 3.31. The van der Waals surface area contributed by atoms with Crippen LogP contribution in [-0.2, 0) is 5.41 Å². The highest BCUT2D eigenvalue weighted by molar-refractivity contribution is 5.31. The van der Waals surface area contributed by atoms with Crippen LogP contribution in [0.15, 0.2) is 30.3 Å². The van der Waals surface area contributed by atoms with Crippen LogP contribution >= 0.6 is 0 Å². The van der Waals surface area contributed by atoms with E-state index < -0.39 is 0 Å². The smallest absolute Gasteiger partial charge is 0.0264 e. The van der Waals surface area contributed by atoms with Gasteiger partial charge in [0, 0.05) is 17.0 Å². The minimum Gasteiger partial charge on any atom is -0.328 e. The highest BCUT2D eigenvalue weighted by atomic mass is 14.8. The maximum atomic E-state index is 6.85. The van der Waals surface area contributed by atoms with E-state index in [1.807, 2.05) is 0 Å². The summed E-state index contributed by atoms with van der Waals surface area (Å²) < 4.78 is 0. The fourth-order valence-electron chi connectivity index (χ4n) is 3.66. The third-order valence-electron chi connectivity index (χ3n) is 4.80. The van der Waals surface area contributed by atoms with Crippen LogP contribution in [0.3, 0.4) is 0 Å². The molecule has 0 aliphatic rings. The Kier molecular flexibility index (Phi) is 5.57. The Bertz CT molecular complexity index is 368. The van der Waals surface area contributed by atoms with E-state index in [0.29, 0.717) is 0 Å². The minimum absolute atomic E-state index is 0.0106. The first-order chi connectivity index (χ1) is 8.95. The molecule has 0 aromatic heterocycles. The SMILES string of the molecule is CCC(N)(CC(C)N)C(CC)(CC)c1ccccc1. The molecule has 0 fully saturated rings. The van der Waals surface area contributed by atoms with Gasteiger partial charge in [0.2, 0.25) is 0 Å². The molecule has 2 atom stereocenters. The molecule has 4 N–H and O–H groups in total. The molecule has 0 spiro atoms. The summed E-state index contributed by atoms with van der Waals surface area (Å²) in [6.07, 6.45) is 3.90. The molecule has 1 aromatic carbocycles. The summed E-state index contributed by atoms with van der Waals surface area (Å²) in [7, 11) is 0. The highest BCUT2D eigenvalue weighted by Crippen LogP contribution is 2.44. The second kappa shape index (κ2) is 6.53. The van der Waals surface area contributed by atoms with Crippen LogP contribution in [0.4, 0.5) is 0 Å². The molecule has 0 radical (unpaired) electrons. The summed E-state index contributed by atoms with van der Waals surface area (Å²) in [6.45, 7) is 8.73. The van der Waals surface area contributed by atoms with Crippen LogP contribution in [-0.4, -0.2) is 11.6 Å². The van der Waals surface area contributed by atoms with Crippen LogP contribution in [0.5, 0.6) is 0 Å². The topological polar surface area (TPSA) is 52.0 Å². The van der Waals surface area contributed by atoms with E-state index in [1.54, 1.807) is 0 Å². The number of nitrogens with two attached hydrogens (primary N) is 2. The third-order valence-corrected chi connectivity index (χ3v) is 4.80. The van der Waals surface area contributed by atoms with Crippen molar-refractivity contribution in [3.8, 4) is 0 Å². The molecule has 2 unspecified atom stereocenters. The lowest BCUT2D eigenvalue weighted by Gasteiger charge is -2.49. The molecule has 1 aromatic rings. The molecule has 1 rings (SSSR count). The Morgan fingerprint density at radius 3 is 1.89 bits per heavy atom. The van der Waals surface area contributed by atoms with Gasteiger partial charge in [-0.1, -0.05) is 51.1 Å². The van der Waals surface area contributed by atoms with E-state index in [2.05, 4.69) is 58.0 Å². The van der Waals surface area contributed by atoms with Crippen molar-refractivity contribution in [2.45, 2.75) is 70.4 Å². The van der Waals surface area contributed by atoms with Gasteiger partial charge in [0.15, 0.2) is 0 Å². The van der Waals surface area contributed by atoms with Crippen molar-refractivity contribution in [2.24, 2.45) is 11.5 Å². The maximum absolute atomic E-state index is 6.85. The Labute approximate surface area is 118 Å². The third kappa shape index (κ3) is 3.01. The lowest BCUT2D eigenvalue weighted by atomic mass is 9.59. The molecule has 19 heavy (non-hydrogen) atoms. The fraction of sp³-hybridized carbons (Fsp3) is 0.647. The summed E-state index contributed by atoms with van der Waals surface area (Å²) in [6, 6.07) is 10.8. The first-order valence-corrected chi connectivity index (χ1v) is 7.55. The van der Waals surface area contributed by atoms with Gasteiger partial charge in [-0.05, 0) is 38.2 Å². The van der Waals surface area contributed by atoms with E-state index in [0.717, 1.165) is 25.7 Å². The number of hydrogen-bond donors (Lipinski definition) is 2. The molecule has 2 heteroatoms. The van der Waals surface area contributed by atoms with E-state index in [4.69, 9.17) is 11.5 Å². The van der Waals surface area contributed by atoms with Gasteiger partial charge < -0.3 is 11.5 Å². The predicted octanol–water partition coefficient (Wildman–Crippen LogP) is 3.59. The second-order valence-electron chi connectivity index (χ2n) is 5.85. The van der Waals surface area contributed by atoms with Crippen molar-refractivity contribution >= 4 is 0 Å². The molecular formula is C17H30N2. The van der Waals surface area contributed by atoms with Crippen LogP contribution in [0, 0.1) is 0 Å². The lowest BCUT2D eigenvalue weighted by Crippen LogP contribution is -2.59. The molecule has 0 aliphatic carbocycles. The molecule has 0 saturated heterocycles. The highest BCUT2D eigenvalue weighted by Gasteiger charge is 2.46. The van der Waals surface area contributed by atoms with Gasteiger partial charge >= 0.3 is 0 Å². The first kappa shape index (κ1) is 16.2. The summed E-state index contributed by atoms with van der Waals surface area (Å²) >= 11 is 0. The molecule has 108 valence electrons. The Morgan fingerprint density at radius 1 is 1.00 bits per heavy atom. The number of rotatable bonds is 7. The molecule has 0 aliphatic heterocycles. The monoisotopic (exact) mass is 262 g/mol. The lowest BCUT2D eigenvalue weighted by molar-refractivity contribution is 0.168. The zero-order valence-corrected chi connectivity index (χ0v) is 12.9. The maximum Gasteiger partial charge on any atom is 0.0264 e. The van der Waals surface area contributed by atoms with Gasteiger partial charge in [-0.15, -0.1) is 0 Å². The molecule has 0 heterocycles. The summed E-state index contributed by atoms with van der Waals surface area (Å²) in [5, 5.41) is 0. The van der Waals surface area contributed by atoms with Gasteiger partial charge in [-0.2, -0.15) is 0 Å². The van der Waals surface area contributed by atoms with Crippen molar-refractivity contribution in [1.82, 2.24) is 0 Å². The van der Waals surface area contributed by atoms with Gasteiger partial charge in [0.25, 0.3) is 0 Å². The molecule has 2 nitrogen and oxygen atoms in total. The normalized spacial score (nSPS) is 16.9. The van der Waals surface area contributed by atoms with Gasteiger partial charge in [-0.25, -0.2) is 0 Å². The fourth-order valence-corrected chi connectivity index (χ4v) is 3.66. The van der Waals surface area contributed by atoms with Crippen LogP contribution in [0.25, 0.3) is 0 Å². The van der Waals surface area contributed by atoms with Gasteiger partial charge in [0.05, 0.1) is 0 Å². The van der Waals surface area contributed by atoms with Crippen LogP contribution in [0.2, 0.25) is 0 Å². The zero-order chi connectivity index (χ0) is 14.5. The first-order valence-electron chi connectivity index (χ1n) is 7.55. The molecule has 0 bridgehead atoms. The predicted molar refractivity (Wildman–Crippen MR) is 84.2 cm³/mol. The van der Waals surface area contributed by atoms with Crippen LogP contribution in [0.1, 0.15) is 58.9 Å². The van der Waals surface area contributed by atoms with Crippen molar-refractivity contribution < 1.29 is 0 Å². The van der Waals surface area contributed by atoms with E-state index in [1.165, 1.54) is 5.56 Å². The van der Waals surface area contributed by atoms with Crippen molar-refractivity contribution in [1.29, 1.82) is 0 Å². The zero-order valence-electron chi connectivity index (χ0n) is 12.9. The van der Waals surface area contributed by atoms with Gasteiger partial charge in [0.1, 0.15) is 0 Å². The standard InChI is InChI=1S/C17H30N2/c1-5-16(6-2,15-11-9-8-10-12-15)17(19,7-3)13-14(4)18/h8-12,14H,5-7,13,18-19H2,1-4H3. The van der Waals surface area contributed by atoms with Crippen molar-refractivity contribution in [2.75, 3.05) is 0 Å². The van der Waals surface area contributed by atoms with Crippen molar-refractivity contribution in [3.63, 3.8) is 0 Å². The van der Waals surface area contributed by atoms with E-state index >= 15 is 0 Å². The summed E-state index contributed by atoms with van der Waals surface area (Å²) in [5.74, 6) is 0. The number of benzene rings is 1. The largest absolute Gasteiger partial charge is 0.328 e. The molecular weight excluding hydrogens is 232 g/mol. The van der Waals surface area contributed by atoms with E-state index in [9.17, 15) is 0 Å². The number of hydrogen-bond acceptors (Lipinski definition) is 2. The quantitative estimate of drug-likeness (QED) is 0.789. The average molecular weight is 262 g/mol. The summed E-state index contributed by atoms with van der Waals surface area (Å²) in [5.41, 5.74) is 14.0. The Hall–Kier alpha value is -0.860. The average Bonchev–Trinajstić information content (AvgIpc) is 2.41.